The molecular formula is C8H10N4S3. The molecule has 2 aromatic rings. The number of thioether (sulfide) groups is 1. The lowest BCUT2D eigenvalue weighted by molar-refractivity contribution is 1.01. The van der Waals surface area contributed by atoms with E-state index in [1.807, 2.05) is 13.2 Å². The first kappa shape index (κ1) is 10.8. The predicted molar refractivity (Wildman–Crippen MR) is 65.9 cm³/mol. The molecule has 0 fully saturated rings. The number of aromatic nitrogens is 3. The van der Waals surface area contributed by atoms with Crippen molar-refractivity contribution in [3.63, 3.8) is 0 Å². The first-order chi connectivity index (χ1) is 7.28. The minimum absolute atomic E-state index is 0.854. The standard InChI is InChI=1S/C8H10N4S3/c1-5-3-10-6(14-5)4-13-8-12-11-7(9-2)15-8/h3H,4H2,1-2H3,(H,9,11). The second-order valence-corrected chi connectivity index (χ2v) is 6.30. The van der Waals surface area contributed by atoms with Gasteiger partial charge in [0.25, 0.3) is 0 Å². The van der Waals surface area contributed by atoms with Crippen molar-refractivity contribution in [2.45, 2.75) is 17.0 Å². The van der Waals surface area contributed by atoms with Gasteiger partial charge in [-0.3, -0.25) is 0 Å². The normalized spacial score (nSPS) is 10.5. The zero-order chi connectivity index (χ0) is 10.7. The molecule has 0 atom stereocenters. The number of hydrogen-bond acceptors (Lipinski definition) is 7. The summed E-state index contributed by atoms with van der Waals surface area (Å²) in [4.78, 5) is 5.55. The molecule has 0 aliphatic rings. The number of hydrogen-bond donors (Lipinski definition) is 1. The Morgan fingerprint density at radius 3 is 2.87 bits per heavy atom. The van der Waals surface area contributed by atoms with Gasteiger partial charge < -0.3 is 5.32 Å². The van der Waals surface area contributed by atoms with Crippen LogP contribution in [-0.2, 0) is 5.75 Å². The van der Waals surface area contributed by atoms with Crippen molar-refractivity contribution < 1.29 is 0 Å². The summed E-state index contributed by atoms with van der Waals surface area (Å²) in [7, 11) is 1.85. The van der Waals surface area contributed by atoms with Crippen LogP contribution in [0.2, 0.25) is 0 Å². The number of rotatable bonds is 4. The van der Waals surface area contributed by atoms with Crippen LogP contribution in [0.15, 0.2) is 10.5 Å². The molecule has 0 unspecified atom stereocenters. The molecule has 80 valence electrons. The highest BCUT2D eigenvalue weighted by atomic mass is 32.2. The Balaban J connectivity index is 1.93. The summed E-state index contributed by atoms with van der Waals surface area (Å²) >= 11 is 4.97. The third kappa shape index (κ3) is 2.90. The summed E-state index contributed by atoms with van der Waals surface area (Å²) in [5, 5.41) is 13.0. The lowest BCUT2D eigenvalue weighted by atomic mass is 10.6. The second-order valence-electron chi connectivity index (χ2n) is 2.78. The van der Waals surface area contributed by atoms with Crippen molar-refractivity contribution >= 4 is 39.6 Å². The maximum atomic E-state index is 4.30. The molecule has 0 radical (unpaired) electrons. The van der Waals surface area contributed by atoms with E-state index < -0.39 is 0 Å². The molecule has 0 aromatic carbocycles. The number of aryl methyl sites for hydroxylation is 1. The van der Waals surface area contributed by atoms with E-state index >= 15 is 0 Å². The van der Waals surface area contributed by atoms with Crippen LogP contribution in [0.1, 0.15) is 9.88 Å². The third-order valence-corrected chi connectivity index (χ3v) is 4.79. The summed E-state index contributed by atoms with van der Waals surface area (Å²) in [6.07, 6.45) is 1.90. The molecule has 7 heteroatoms. The molecule has 15 heavy (non-hydrogen) atoms. The fourth-order valence-electron chi connectivity index (χ4n) is 0.961. The molecule has 0 saturated heterocycles. The average Bonchev–Trinajstić information content (AvgIpc) is 2.83. The van der Waals surface area contributed by atoms with Crippen molar-refractivity contribution in [3.8, 4) is 0 Å². The van der Waals surface area contributed by atoms with E-state index in [0.29, 0.717) is 0 Å². The zero-order valence-electron chi connectivity index (χ0n) is 8.35. The van der Waals surface area contributed by atoms with Crippen LogP contribution < -0.4 is 5.32 Å². The number of thiazole rings is 1. The summed E-state index contributed by atoms with van der Waals surface area (Å²) in [6, 6.07) is 0. The quantitative estimate of drug-likeness (QED) is 0.854. The molecule has 0 aliphatic carbocycles. The Morgan fingerprint density at radius 2 is 2.27 bits per heavy atom. The summed E-state index contributed by atoms with van der Waals surface area (Å²) in [6.45, 7) is 2.07. The molecular weight excluding hydrogens is 248 g/mol. The maximum absolute atomic E-state index is 4.30. The van der Waals surface area contributed by atoms with Crippen molar-refractivity contribution in [2.24, 2.45) is 0 Å². The summed E-state index contributed by atoms with van der Waals surface area (Å²) < 4.78 is 0.979. The topological polar surface area (TPSA) is 50.7 Å². The molecule has 0 amide bonds. The highest BCUT2D eigenvalue weighted by molar-refractivity contribution is 8.00. The van der Waals surface area contributed by atoms with Crippen molar-refractivity contribution in [1.82, 2.24) is 15.2 Å². The van der Waals surface area contributed by atoms with E-state index in [1.54, 1.807) is 34.4 Å². The largest absolute Gasteiger partial charge is 0.363 e. The first-order valence-electron chi connectivity index (χ1n) is 4.33. The van der Waals surface area contributed by atoms with Crippen LogP contribution in [0.25, 0.3) is 0 Å². The minimum atomic E-state index is 0.854. The highest BCUT2D eigenvalue weighted by Crippen LogP contribution is 2.28. The smallest absolute Gasteiger partial charge is 0.206 e. The van der Waals surface area contributed by atoms with Crippen LogP contribution in [0.5, 0.6) is 0 Å². The van der Waals surface area contributed by atoms with Crippen molar-refractivity contribution in [3.05, 3.63) is 16.1 Å². The lowest BCUT2D eigenvalue weighted by Crippen LogP contribution is -1.84. The molecule has 0 aliphatic heterocycles. The Hall–Kier alpha value is -0.660. The van der Waals surface area contributed by atoms with Crippen molar-refractivity contribution in [1.29, 1.82) is 0 Å². The summed E-state index contributed by atoms with van der Waals surface area (Å²) in [5.41, 5.74) is 0. The lowest BCUT2D eigenvalue weighted by Gasteiger charge is -1.90. The van der Waals surface area contributed by atoms with Crippen LogP contribution in [0, 0.1) is 6.92 Å². The molecule has 2 rings (SSSR count). The molecule has 4 nitrogen and oxygen atoms in total. The van der Waals surface area contributed by atoms with Crippen LogP contribution in [0.3, 0.4) is 0 Å². The number of nitrogens with one attached hydrogen (secondary N) is 1. The van der Waals surface area contributed by atoms with Gasteiger partial charge in [0.15, 0.2) is 4.34 Å². The predicted octanol–water partition coefficient (Wildman–Crippen LogP) is 2.64. The maximum Gasteiger partial charge on any atom is 0.206 e. The van der Waals surface area contributed by atoms with Crippen molar-refractivity contribution in [2.75, 3.05) is 12.4 Å². The fourth-order valence-corrected chi connectivity index (χ4v) is 3.46. The molecule has 1 N–H and O–H groups in total. The van der Waals surface area contributed by atoms with Gasteiger partial charge in [-0.05, 0) is 6.92 Å². The molecule has 0 spiro atoms. The SMILES string of the molecule is CNc1nnc(SCc2ncc(C)s2)s1. The Labute approximate surface area is 100 Å². The van der Waals surface area contributed by atoms with Crippen LogP contribution >= 0.6 is 34.4 Å². The van der Waals surface area contributed by atoms with Gasteiger partial charge in [0.05, 0.1) is 5.75 Å². The van der Waals surface area contributed by atoms with Gasteiger partial charge in [0, 0.05) is 18.1 Å². The van der Waals surface area contributed by atoms with Gasteiger partial charge in [-0.25, -0.2) is 4.98 Å². The van der Waals surface area contributed by atoms with Gasteiger partial charge in [-0.15, -0.1) is 21.5 Å². The molecule has 0 bridgehead atoms. The monoisotopic (exact) mass is 258 g/mol. The highest BCUT2D eigenvalue weighted by Gasteiger charge is 2.05. The average molecular weight is 258 g/mol. The first-order valence-corrected chi connectivity index (χ1v) is 6.95. The zero-order valence-corrected chi connectivity index (χ0v) is 10.8. The van der Waals surface area contributed by atoms with E-state index in [1.165, 1.54) is 4.88 Å². The molecule has 2 aromatic heterocycles. The third-order valence-electron chi connectivity index (χ3n) is 1.61. The van der Waals surface area contributed by atoms with Gasteiger partial charge in [0.1, 0.15) is 5.01 Å². The Bertz CT molecular complexity index is 437. The van der Waals surface area contributed by atoms with E-state index in [-0.39, 0.29) is 0 Å². The van der Waals surface area contributed by atoms with E-state index in [9.17, 15) is 0 Å². The van der Waals surface area contributed by atoms with E-state index in [2.05, 4.69) is 27.4 Å². The number of anilines is 1. The second kappa shape index (κ2) is 4.91. The Morgan fingerprint density at radius 1 is 1.40 bits per heavy atom. The Kier molecular flexibility index (Phi) is 3.55. The van der Waals surface area contributed by atoms with Gasteiger partial charge in [0.2, 0.25) is 5.13 Å². The summed E-state index contributed by atoms with van der Waals surface area (Å²) in [5.74, 6) is 0.872. The van der Waals surface area contributed by atoms with Crippen LogP contribution in [-0.4, -0.2) is 22.2 Å². The number of nitrogens with zero attached hydrogens (tertiary/aromatic N) is 3. The van der Waals surface area contributed by atoms with Gasteiger partial charge in [-0.2, -0.15) is 0 Å². The van der Waals surface area contributed by atoms with Crippen LogP contribution in [0.4, 0.5) is 5.13 Å². The van der Waals surface area contributed by atoms with Gasteiger partial charge >= 0.3 is 0 Å². The van der Waals surface area contributed by atoms with E-state index in [4.69, 9.17) is 0 Å². The molecule has 0 saturated carbocycles. The minimum Gasteiger partial charge on any atom is -0.363 e. The van der Waals surface area contributed by atoms with Gasteiger partial charge in [-0.1, -0.05) is 23.1 Å². The fraction of sp³-hybridized carbons (Fsp3) is 0.375. The van der Waals surface area contributed by atoms with E-state index in [0.717, 1.165) is 20.2 Å². The molecule has 2 heterocycles.